The van der Waals surface area contributed by atoms with Gasteiger partial charge in [-0.1, -0.05) is 26.8 Å². The summed E-state index contributed by atoms with van der Waals surface area (Å²) >= 11 is 0. The molecule has 0 atom stereocenters. The van der Waals surface area contributed by atoms with E-state index in [1.807, 2.05) is 0 Å². The van der Waals surface area contributed by atoms with Gasteiger partial charge in [0.25, 0.3) is 0 Å². The Bertz CT molecular complexity index is 648. The second kappa shape index (κ2) is 3.72. The van der Waals surface area contributed by atoms with E-state index in [9.17, 15) is 0 Å². The van der Waals surface area contributed by atoms with Gasteiger partial charge in [-0.25, -0.2) is 4.98 Å². The van der Waals surface area contributed by atoms with Crippen molar-refractivity contribution in [3.8, 4) is 0 Å². The van der Waals surface area contributed by atoms with Gasteiger partial charge in [0.05, 0.1) is 5.52 Å². The van der Waals surface area contributed by atoms with E-state index in [2.05, 4.69) is 64.2 Å². The number of aromatic nitrogens is 1. The van der Waals surface area contributed by atoms with Crippen LogP contribution in [0.15, 0.2) is 24.3 Å². The molecule has 2 heteroatoms. The summed E-state index contributed by atoms with van der Waals surface area (Å²) in [4.78, 5) is 4.76. The summed E-state index contributed by atoms with van der Waals surface area (Å²) in [5.41, 5.74) is 4.09. The normalized spacial score (nSPS) is 17.3. The SMILES string of the molecule is CC1(C)Cc2cc3cc(C(C)(C)C)ccc3nc2N1. The maximum atomic E-state index is 4.76. The first-order valence-corrected chi connectivity index (χ1v) is 6.97. The molecule has 1 aliphatic heterocycles. The third kappa shape index (κ3) is 2.20. The van der Waals surface area contributed by atoms with Crippen LogP contribution >= 0.6 is 0 Å². The molecule has 2 aromatic rings. The molecule has 0 fully saturated rings. The van der Waals surface area contributed by atoms with Crippen molar-refractivity contribution in [1.82, 2.24) is 4.98 Å². The lowest BCUT2D eigenvalue weighted by Gasteiger charge is -2.19. The third-order valence-corrected chi connectivity index (χ3v) is 3.85. The molecule has 19 heavy (non-hydrogen) atoms. The first-order valence-electron chi connectivity index (χ1n) is 6.97. The fraction of sp³-hybridized carbons (Fsp3) is 0.471. The van der Waals surface area contributed by atoms with Crippen LogP contribution in [0.25, 0.3) is 10.9 Å². The van der Waals surface area contributed by atoms with E-state index in [0.29, 0.717) is 0 Å². The van der Waals surface area contributed by atoms with Crippen LogP contribution in [-0.4, -0.2) is 10.5 Å². The van der Waals surface area contributed by atoms with Crippen LogP contribution in [0.5, 0.6) is 0 Å². The topological polar surface area (TPSA) is 24.9 Å². The fourth-order valence-electron chi connectivity index (χ4n) is 2.77. The van der Waals surface area contributed by atoms with Crippen LogP contribution in [-0.2, 0) is 11.8 Å². The van der Waals surface area contributed by atoms with Crippen LogP contribution in [0.4, 0.5) is 5.82 Å². The molecule has 0 saturated carbocycles. The summed E-state index contributed by atoms with van der Waals surface area (Å²) in [5.74, 6) is 1.06. The van der Waals surface area contributed by atoms with Crippen molar-refractivity contribution in [3.63, 3.8) is 0 Å². The molecule has 1 aromatic heterocycles. The van der Waals surface area contributed by atoms with Gasteiger partial charge in [0, 0.05) is 10.9 Å². The molecule has 2 nitrogen and oxygen atoms in total. The van der Waals surface area contributed by atoms with Crippen molar-refractivity contribution >= 4 is 16.7 Å². The summed E-state index contributed by atoms with van der Waals surface area (Å²) in [7, 11) is 0. The first kappa shape index (κ1) is 12.5. The Morgan fingerprint density at radius 1 is 1.16 bits per heavy atom. The Morgan fingerprint density at radius 3 is 2.58 bits per heavy atom. The zero-order valence-corrected chi connectivity index (χ0v) is 12.5. The zero-order chi connectivity index (χ0) is 13.8. The summed E-state index contributed by atoms with van der Waals surface area (Å²) in [6.07, 6.45) is 1.05. The van der Waals surface area contributed by atoms with Gasteiger partial charge in [0.1, 0.15) is 5.82 Å². The number of benzene rings is 1. The van der Waals surface area contributed by atoms with Crippen LogP contribution < -0.4 is 5.32 Å². The lowest BCUT2D eigenvalue weighted by atomic mass is 9.86. The molecule has 0 bridgehead atoms. The number of nitrogens with one attached hydrogen (secondary N) is 1. The molecular weight excluding hydrogens is 232 g/mol. The van der Waals surface area contributed by atoms with Crippen molar-refractivity contribution in [1.29, 1.82) is 0 Å². The summed E-state index contributed by atoms with van der Waals surface area (Å²) in [6.45, 7) is 11.2. The predicted molar refractivity (Wildman–Crippen MR) is 81.8 cm³/mol. The van der Waals surface area contributed by atoms with Crippen molar-refractivity contribution < 1.29 is 0 Å². The molecule has 100 valence electrons. The minimum Gasteiger partial charge on any atom is -0.365 e. The van der Waals surface area contributed by atoms with Crippen molar-refractivity contribution in [3.05, 3.63) is 35.4 Å². The summed E-state index contributed by atoms with van der Waals surface area (Å²) in [5, 5.41) is 4.75. The lowest BCUT2D eigenvalue weighted by Crippen LogP contribution is -2.27. The molecule has 2 heterocycles. The van der Waals surface area contributed by atoms with E-state index in [-0.39, 0.29) is 11.0 Å². The lowest BCUT2D eigenvalue weighted by molar-refractivity contribution is 0.591. The number of pyridine rings is 1. The van der Waals surface area contributed by atoms with E-state index in [1.54, 1.807) is 0 Å². The van der Waals surface area contributed by atoms with E-state index in [4.69, 9.17) is 4.98 Å². The first-order chi connectivity index (χ1) is 8.74. The number of fused-ring (bicyclic) bond motifs is 2. The molecule has 1 aromatic carbocycles. The highest BCUT2D eigenvalue weighted by atomic mass is 15.1. The second-order valence-corrected chi connectivity index (χ2v) is 7.34. The Kier molecular flexibility index (Phi) is 2.44. The highest BCUT2D eigenvalue weighted by molar-refractivity contribution is 5.83. The van der Waals surface area contributed by atoms with Crippen molar-refractivity contribution in [2.24, 2.45) is 0 Å². The molecule has 1 N–H and O–H groups in total. The van der Waals surface area contributed by atoms with Gasteiger partial charge in [-0.15, -0.1) is 0 Å². The maximum absolute atomic E-state index is 4.76. The second-order valence-electron chi connectivity index (χ2n) is 7.34. The molecule has 0 unspecified atom stereocenters. The molecule has 1 aliphatic rings. The quantitative estimate of drug-likeness (QED) is 0.759. The minimum atomic E-state index is 0.125. The zero-order valence-electron chi connectivity index (χ0n) is 12.5. The van der Waals surface area contributed by atoms with E-state index >= 15 is 0 Å². The Balaban J connectivity index is 2.14. The minimum absolute atomic E-state index is 0.125. The Hall–Kier alpha value is -1.57. The number of rotatable bonds is 0. The molecule has 0 aliphatic carbocycles. The van der Waals surface area contributed by atoms with E-state index < -0.39 is 0 Å². The maximum Gasteiger partial charge on any atom is 0.130 e. The highest BCUT2D eigenvalue weighted by Crippen LogP contribution is 2.34. The molecule has 0 radical (unpaired) electrons. The van der Waals surface area contributed by atoms with E-state index in [1.165, 1.54) is 16.5 Å². The number of hydrogen-bond acceptors (Lipinski definition) is 2. The van der Waals surface area contributed by atoms with E-state index in [0.717, 1.165) is 17.8 Å². The molecular formula is C17H22N2. The summed E-state index contributed by atoms with van der Waals surface area (Å²) in [6, 6.07) is 8.92. The number of hydrogen-bond donors (Lipinski definition) is 1. The fourth-order valence-corrected chi connectivity index (χ4v) is 2.77. The van der Waals surface area contributed by atoms with Gasteiger partial charge in [-0.3, -0.25) is 0 Å². The van der Waals surface area contributed by atoms with Crippen LogP contribution in [0.3, 0.4) is 0 Å². The van der Waals surface area contributed by atoms with Gasteiger partial charge in [0.15, 0.2) is 0 Å². The number of anilines is 1. The molecule has 3 rings (SSSR count). The van der Waals surface area contributed by atoms with Gasteiger partial charge >= 0.3 is 0 Å². The van der Waals surface area contributed by atoms with Gasteiger partial charge in [-0.05, 0) is 55.0 Å². The number of nitrogens with zero attached hydrogens (tertiary/aromatic N) is 1. The smallest absolute Gasteiger partial charge is 0.130 e. The third-order valence-electron chi connectivity index (χ3n) is 3.85. The van der Waals surface area contributed by atoms with Crippen LogP contribution in [0.2, 0.25) is 0 Å². The standard InChI is InChI=1S/C17H22N2/c1-16(2,3)13-6-7-14-11(9-13)8-12-10-17(4,5)19-15(12)18-14/h6-9H,10H2,1-5H3,(H,18,19). The Labute approximate surface area is 115 Å². The average molecular weight is 254 g/mol. The highest BCUT2D eigenvalue weighted by Gasteiger charge is 2.28. The van der Waals surface area contributed by atoms with Crippen LogP contribution in [0, 0.1) is 0 Å². The molecule has 0 amide bonds. The van der Waals surface area contributed by atoms with Crippen molar-refractivity contribution in [2.75, 3.05) is 5.32 Å². The molecule has 0 spiro atoms. The molecule has 0 saturated heterocycles. The predicted octanol–water partition coefficient (Wildman–Crippen LogP) is 4.28. The monoisotopic (exact) mass is 254 g/mol. The van der Waals surface area contributed by atoms with Gasteiger partial charge in [0.2, 0.25) is 0 Å². The van der Waals surface area contributed by atoms with Crippen molar-refractivity contribution in [2.45, 2.75) is 52.0 Å². The summed E-state index contributed by atoms with van der Waals surface area (Å²) < 4.78 is 0. The average Bonchev–Trinajstić information content (AvgIpc) is 2.56. The Morgan fingerprint density at radius 2 is 1.89 bits per heavy atom. The largest absolute Gasteiger partial charge is 0.365 e. The van der Waals surface area contributed by atoms with Gasteiger partial charge in [-0.2, -0.15) is 0 Å². The van der Waals surface area contributed by atoms with Gasteiger partial charge < -0.3 is 5.32 Å². The van der Waals surface area contributed by atoms with Crippen LogP contribution in [0.1, 0.15) is 45.7 Å².